The fraction of sp³-hybridized carbons (Fsp3) is 1.00. The molecule has 17 heavy (non-hydrogen) atoms. The third-order valence-electron chi connectivity index (χ3n) is 3.05. The minimum absolute atomic E-state index is 0.236. The molecule has 1 unspecified atom stereocenters. The van der Waals surface area contributed by atoms with Gasteiger partial charge in [0.15, 0.2) is 0 Å². The predicted octanol–water partition coefficient (Wildman–Crippen LogP) is 1.93. The molecule has 0 aromatic carbocycles. The topological polar surface area (TPSA) is 30.9 Å². The predicted molar refractivity (Wildman–Crippen MR) is 69.8 cm³/mol. The molecule has 1 saturated heterocycles. The van der Waals surface area contributed by atoms with Crippen LogP contribution in [0.4, 0.5) is 0 Å². The molecule has 100 valence electrons. The van der Waals surface area contributed by atoms with Gasteiger partial charge in [0, 0.05) is 37.9 Å². The van der Waals surface area contributed by atoms with Crippen LogP contribution >= 0.6 is 0 Å². The lowest BCUT2D eigenvalue weighted by atomic mass is 10.1. The van der Waals surface area contributed by atoms with Crippen LogP contribution < -0.4 is 0 Å². The van der Waals surface area contributed by atoms with Gasteiger partial charge in [0.05, 0.1) is 0 Å². The second-order valence-electron chi connectivity index (χ2n) is 5.19. The lowest BCUT2D eigenvalue weighted by Gasteiger charge is -2.31. The van der Waals surface area contributed by atoms with Crippen molar-refractivity contribution >= 4 is 7.32 Å². The standard InChI is InChI=1S/C12H26BNO3/c1-10(2)14(11(3)4)7-9-16-13-15-8-6-12(5)17-13/h10-12H,6-9H2,1-5H3. The highest BCUT2D eigenvalue weighted by atomic mass is 16.7. The van der Waals surface area contributed by atoms with E-state index in [-0.39, 0.29) is 6.10 Å². The summed E-state index contributed by atoms with van der Waals surface area (Å²) in [6.45, 7) is 13.1. The van der Waals surface area contributed by atoms with E-state index < -0.39 is 7.32 Å². The van der Waals surface area contributed by atoms with Crippen LogP contribution in [0.3, 0.4) is 0 Å². The maximum Gasteiger partial charge on any atom is 0.639 e. The summed E-state index contributed by atoms with van der Waals surface area (Å²) in [5.74, 6) is 0. The second kappa shape index (κ2) is 7.36. The fourth-order valence-corrected chi connectivity index (χ4v) is 2.08. The minimum Gasteiger partial charge on any atom is -0.386 e. The van der Waals surface area contributed by atoms with Crippen molar-refractivity contribution in [3.63, 3.8) is 0 Å². The Balaban J connectivity index is 2.21. The van der Waals surface area contributed by atoms with Crippen LogP contribution in [0.5, 0.6) is 0 Å². The Hall–Kier alpha value is -0.0951. The Bertz CT molecular complexity index is 206. The molecule has 0 saturated carbocycles. The molecule has 0 spiro atoms. The zero-order chi connectivity index (χ0) is 12.8. The Morgan fingerprint density at radius 3 is 2.47 bits per heavy atom. The summed E-state index contributed by atoms with van der Waals surface area (Å²) in [5.41, 5.74) is 0. The number of hydrogen-bond acceptors (Lipinski definition) is 4. The first-order valence-corrected chi connectivity index (χ1v) is 6.65. The molecule has 5 heteroatoms. The summed E-state index contributed by atoms with van der Waals surface area (Å²) >= 11 is 0. The Kier molecular flexibility index (Phi) is 6.48. The molecule has 4 nitrogen and oxygen atoms in total. The molecule has 1 rings (SSSR count). The van der Waals surface area contributed by atoms with Gasteiger partial charge < -0.3 is 14.0 Å². The Morgan fingerprint density at radius 2 is 1.94 bits per heavy atom. The van der Waals surface area contributed by atoms with Gasteiger partial charge in [-0.3, -0.25) is 4.90 Å². The summed E-state index contributed by atoms with van der Waals surface area (Å²) in [4.78, 5) is 2.40. The monoisotopic (exact) mass is 243 g/mol. The number of rotatable bonds is 6. The molecule has 1 aliphatic rings. The molecule has 0 aliphatic carbocycles. The first-order chi connectivity index (χ1) is 8.00. The van der Waals surface area contributed by atoms with Crippen molar-refractivity contribution in [3.8, 4) is 0 Å². The maximum atomic E-state index is 5.60. The van der Waals surface area contributed by atoms with Crippen molar-refractivity contribution in [2.75, 3.05) is 19.8 Å². The van der Waals surface area contributed by atoms with Gasteiger partial charge in [-0.1, -0.05) is 0 Å². The number of nitrogens with zero attached hydrogens (tertiary/aromatic N) is 1. The summed E-state index contributed by atoms with van der Waals surface area (Å²) < 4.78 is 16.5. The normalized spacial score (nSPS) is 21.9. The minimum atomic E-state index is -0.472. The van der Waals surface area contributed by atoms with Gasteiger partial charge in [-0.05, 0) is 41.0 Å². The second-order valence-corrected chi connectivity index (χ2v) is 5.19. The average Bonchev–Trinajstić information content (AvgIpc) is 2.23. The van der Waals surface area contributed by atoms with Crippen molar-refractivity contribution in [3.05, 3.63) is 0 Å². The average molecular weight is 243 g/mol. The van der Waals surface area contributed by atoms with Crippen molar-refractivity contribution in [2.45, 2.75) is 59.2 Å². The van der Waals surface area contributed by atoms with Crippen molar-refractivity contribution < 1.29 is 14.0 Å². The molecule has 1 atom stereocenters. The van der Waals surface area contributed by atoms with E-state index in [1.807, 2.05) is 6.92 Å². The Morgan fingerprint density at radius 1 is 1.29 bits per heavy atom. The highest BCUT2D eigenvalue weighted by Crippen LogP contribution is 2.10. The van der Waals surface area contributed by atoms with E-state index in [2.05, 4.69) is 32.6 Å². The fourth-order valence-electron chi connectivity index (χ4n) is 2.08. The third-order valence-corrected chi connectivity index (χ3v) is 3.05. The first-order valence-electron chi connectivity index (χ1n) is 6.65. The zero-order valence-electron chi connectivity index (χ0n) is 11.8. The van der Waals surface area contributed by atoms with Crippen molar-refractivity contribution in [2.24, 2.45) is 0 Å². The van der Waals surface area contributed by atoms with Crippen LogP contribution in [-0.2, 0) is 14.0 Å². The van der Waals surface area contributed by atoms with E-state index in [1.54, 1.807) is 0 Å². The van der Waals surface area contributed by atoms with Crippen LogP contribution in [0.1, 0.15) is 41.0 Å². The highest BCUT2D eigenvalue weighted by Gasteiger charge is 2.28. The summed E-state index contributed by atoms with van der Waals surface area (Å²) in [5, 5.41) is 0. The molecule has 0 radical (unpaired) electrons. The van der Waals surface area contributed by atoms with Gasteiger partial charge in [-0.15, -0.1) is 0 Å². The molecular formula is C12H26BNO3. The summed E-state index contributed by atoms with van der Waals surface area (Å²) in [7, 11) is -0.472. The van der Waals surface area contributed by atoms with Crippen molar-refractivity contribution in [1.29, 1.82) is 0 Å². The van der Waals surface area contributed by atoms with E-state index in [1.165, 1.54) is 0 Å². The maximum absolute atomic E-state index is 5.60. The molecule has 1 fully saturated rings. The SMILES string of the molecule is CC1CCOB(OCCN(C(C)C)C(C)C)O1. The van der Waals surface area contributed by atoms with Crippen molar-refractivity contribution in [1.82, 2.24) is 4.90 Å². The van der Waals surface area contributed by atoms with E-state index in [0.29, 0.717) is 18.7 Å². The van der Waals surface area contributed by atoms with E-state index in [9.17, 15) is 0 Å². The van der Waals surface area contributed by atoms with E-state index in [0.717, 1.165) is 19.6 Å². The van der Waals surface area contributed by atoms with Gasteiger partial charge in [-0.2, -0.15) is 0 Å². The van der Waals surface area contributed by atoms with Crippen LogP contribution in [0.2, 0.25) is 0 Å². The van der Waals surface area contributed by atoms with Crippen LogP contribution in [-0.4, -0.2) is 50.2 Å². The number of hydrogen-bond donors (Lipinski definition) is 0. The van der Waals surface area contributed by atoms with Gasteiger partial charge in [-0.25, -0.2) is 0 Å². The zero-order valence-corrected chi connectivity index (χ0v) is 11.8. The molecule has 1 heterocycles. The molecular weight excluding hydrogens is 217 g/mol. The third kappa shape index (κ3) is 5.38. The lowest BCUT2D eigenvalue weighted by molar-refractivity contribution is 0.00833. The van der Waals surface area contributed by atoms with Crippen LogP contribution in [0.25, 0.3) is 0 Å². The van der Waals surface area contributed by atoms with Crippen LogP contribution in [0, 0.1) is 0 Å². The van der Waals surface area contributed by atoms with Gasteiger partial charge in [0.25, 0.3) is 0 Å². The molecule has 0 aromatic rings. The quantitative estimate of drug-likeness (QED) is 0.667. The molecule has 0 aromatic heterocycles. The lowest BCUT2D eigenvalue weighted by Crippen LogP contribution is -2.42. The molecule has 0 amide bonds. The Labute approximate surface area is 106 Å². The first kappa shape index (κ1) is 15.0. The molecule has 0 bridgehead atoms. The van der Waals surface area contributed by atoms with Crippen LogP contribution in [0.15, 0.2) is 0 Å². The smallest absolute Gasteiger partial charge is 0.386 e. The summed E-state index contributed by atoms with van der Waals surface area (Å²) in [6.07, 6.45) is 1.18. The van der Waals surface area contributed by atoms with Gasteiger partial charge in [0.1, 0.15) is 0 Å². The van der Waals surface area contributed by atoms with E-state index >= 15 is 0 Å². The summed E-state index contributed by atoms with van der Waals surface area (Å²) in [6, 6.07) is 1.07. The highest BCUT2D eigenvalue weighted by molar-refractivity contribution is 6.36. The molecule has 0 N–H and O–H groups in total. The van der Waals surface area contributed by atoms with Gasteiger partial charge >= 0.3 is 7.32 Å². The van der Waals surface area contributed by atoms with Gasteiger partial charge in [0.2, 0.25) is 0 Å². The largest absolute Gasteiger partial charge is 0.639 e. The van der Waals surface area contributed by atoms with E-state index in [4.69, 9.17) is 14.0 Å². The molecule has 1 aliphatic heterocycles.